The number of benzene rings is 1. The summed E-state index contributed by atoms with van der Waals surface area (Å²) >= 11 is 0. The molecule has 0 radical (unpaired) electrons. The van der Waals surface area contributed by atoms with E-state index in [0.29, 0.717) is 25.3 Å². The summed E-state index contributed by atoms with van der Waals surface area (Å²) in [7, 11) is 0. The van der Waals surface area contributed by atoms with Gasteiger partial charge in [0.15, 0.2) is 0 Å². The minimum atomic E-state index is -0.499. The van der Waals surface area contributed by atoms with Crippen LogP contribution in [0, 0.1) is 0 Å². The van der Waals surface area contributed by atoms with Gasteiger partial charge in [0.2, 0.25) is 0 Å². The highest BCUT2D eigenvalue weighted by Gasteiger charge is 2.03. The number of carbonyl (C=O) groups excluding carboxylic acids is 3. The summed E-state index contributed by atoms with van der Waals surface area (Å²) in [6.45, 7) is 8.13. The van der Waals surface area contributed by atoms with Crippen molar-refractivity contribution >= 4 is 18.0 Å². The van der Waals surface area contributed by atoms with Gasteiger partial charge in [-0.05, 0) is 37.0 Å². The highest BCUT2D eigenvalue weighted by Crippen LogP contribution is 2.12. The standard InChI is InChI=1S/C22H29NO7/c1-3-20(24)28-14-7-5-6-13-23-22(26)30-17-16-27-19-10-8-18(9-11-19)12-15-29-21(25)4-2/h3-4,8-11H,1-2,5-7,12-17H2,(H,23,26). The molecular weight excluding hydrogens is 390 g/mol. The molecule has 0 saturated heterocycles. The zero-order valence-electron chi connectivity index (χ0n) is 17.1. The van der Waals surface area contributed by atoms with Gasteiger partial charge in [-0.15, -0.1) is 0 Å². The Hall–Kier alpha value is -3.29. The van der Waals surface area contributed by atoms with Gasteiger partial charge in [-0.25, -0.2) is 14.4 Å². The van der Waals surface area contributed by atoms with Crippen LogP contribution in [0.3, 0.4) is 0 Å². The van der Waals surface area contributed by atoms with Crippen LogP contribution in [0.25, 0.3) is 0 Å². The van der Waals surface area contributed by atoms with Crippen molar-refractivity contribution in [3.8, 4) is 5.75 Å². The largest absolute Gasteiger partial charge is 0.490 e. The molecule has 0 bridgehead atoms. The lowest BCUT2D eigenvalue weighted by Gasteiger charge is -2.09. The average Bonchev–Trinajstić information content (AvgIpc) is 2.76. The maximum Gasteiger partial charge on any atom is 0.407 e. The van der Waals surface area contributed by atoms with E-state index < -0.39 is 18.0 Å². The minimum absolute atomic E-state index is 0.128. The van der Waals surface area contributed by atoms with Crippen LogP contribution in [-0.2, 0) is 30.2 Å². The van der Waals surface area contributed by atoms with E-state index in [2.05, 4.69) is 18.5 Å². The van der Waals surface area contributed by atoms with Gasteiger partial charge in [-0.2, -0.15) is 0 Å². The molecule has 0 aliphatic carbocycles. The Morgan fingerprint density at radius 3 is 2.13 bits per heavy atom. The first-order valence-electron chi connectivity index (χ1n) is 9.76. The first kappa shape index (κ1) is 24.7. The summed E-state index contributed by atoms with van der Waals surface area (Å²) in [4.78, 5) is 33.4. The number of nitrogens with one attached hydrogen (secondary N) is 1. The number of amides is 1. The third kappa shape index (κ3) is 12.2. The van der Waals surface area contributed by atoms with Gasteiger partial charge in [-0.3, -0.25) is 0 Å². The molecule has 1 amide bonds. The summed E-state index contributed by atoms with van der Waals surface area (Å²) in [5.74, 6) is -0.213. The first-order valence-corrected chi connectivity index (χ1v) is 9.76. The van der Waals surface area contributed by atoms with Gasteiger partial charge >= 0.3 is 18.0 Å². The molecule has 0 aliphatic heterocycles. The third-order valence-electron chi connectivity index (χ3n) is 3.81. The average molecular weight is 419 g/mol. The minimum Gasteiger partial charge on any atom is -0.490 e. The predicted molar refractivity (Wildman–Crippen MR) is 111 cm³/mol. The van der Waals surface area contributed by atoms with Crippen molar-refractivity contribution in [3.63, 3.8) is 0 Å². The van der Waals surface area contributed by atoms with Crippen molar-refractivity contribution < 1.29 is 33.3 Å². The van der Waals surface area contributed by atoms with Crippen molar-refractivity contribution in [1.29, 1.82) is 0 Å². The number of hydrogen-bond donors (Lipinski definition) is 1. The van der Waals surface area contributed by atoms with Gasteiger partial charge in [0.1, 0.15) is 19.0 Å². The van der Waals surface area contributed by atoms with Crippen LogP contribution in [0.5, 0.6) is 5.75 Å². The van der Waals surface area contributed by atoms with Crippen LogP contribution in [0.1, 0.15) is 24.8 Å². The van der Waals surface area contributed by atoms with Crippen molar-refractivity contribution in [2.45, 2.75) is 25.7 Å². The maximum atomic E-state index is 11.6. The lowest BCUT2D eigenvalue weighted by molar-refractivity contribution is -0.138. The van der Waals surface area contributed by atoms with Gasteiger partial charge in [0.25, 0.3) is 0 Å². The van der Waals surface area contributed by atoms with Gasteiger partial charge in [-0.1, -0.05) is 25.3 Å². The van der Waals surface area contributed by atoms with Crippen molar-refractivity contribution in [2.24, 2.45) is 0 Å². The maximum absolute atomic E-state index is 11.6. The van der Waals surface area contributed by atoms with E-state index in [1.54, 1.807) is 12.1 Å². The summed E-state index contributed by atoms with van der Waals surface area (Å²) in [6, 6.07) is 7.36. The molecule has 164 valence electrons. The number of alkyl carbamates (subject to hydrolysis) is 1. The molecule has 0 aliphatic rings. The van der Waals surface area contributed by atoms with Crippen LogP contribution < -0.4 is 10.1 Å². The van der Waals surface area contributed by atoms with Crippen LogP contribution in [0.4, 0.5) is 4.79 Å². The molecule has 0 aromatic heterocycles. The fraction of sp³-hybridized carbons (Fsp3) is 0.409. The molecular formula is C22H29NO7. The van der Waals surface area contributed by atoms with Crippen LogP contribution in [-0.4, -0.2) is 51.0 Å². The number of carbonyl (C=O) groups is 3. The molecule has 1 N–H and O–H groups in total. The number of ether oxygens (including phenoxy) is 4. The Morgan fingerprint density at radius 2 is 1.47 bits per heavy atom. The van der Waals surface area contributed by atoms with Crippen molar-refractivity contribution in [2.75, 3.05) is 33.0 Å². The summed E-state index contributed by atoms with van der Waals surface area (Å²) < 4.78 is 20.3. The van der Waals surface area contributed by atoms with Crippen LogP contribution >= 0.6 is 0 Å². The summed E-state index contributed by atoms with van der Waals surface area (Å²) in [6.07, 6.45) is 4.67. The molecule has 8 nitrogen and oxygen atoms in total. The molecule has 0 atom stereocenters. The van der Waals surface area contributed by atoms with E-state index in [1.807, 2.05) is 12.1 Å². The van der Waals surface area contributed by atoms with E-state index in [1.165, 1.54) is 0 Å². The Kier molecular flexibility index (Phi) is 12.9. The number of hydrogen-bond acceptors (Lipinski definition) is 7. The quantitative estimate of drug-likeness (QED) is 0.202. The SMILES string of the molecule is C=CC(=O)OCCCCCNC(=O)OCCOc1ccc(CCOC(=O)C=C)cc1. The number of rotatable bonds is 15. The Morgan fingerprint density at radius 1 is 0.800 bits per heavy atom. The summed E-state index contributed by atoms with van der Waals surface area (Å²) in [5, 5.41) is 2.65. The Bertz CT molecular complexity index is 685. The third-order valence-corrected chi connectivity index (χ3v) is 3.81. The van der Waals surface area contributed by atoms with Crippen LogP contribution in [0.15, 0.2) is 49.6 Å². The van der Waals surface area contributed by atoms with E-state index in [-0.39, 0.29) is 19.8 Å². The van der Waals surface area contributed by atoms with Gasteiger partial charge in [0, 0.05) is 25.1 Å². The normalized spacial score (nSPS) is 9.87. The molecule has 30 heavy (non-hydrogen) atoms. The second-order valence-electron chi connectivity index (χ2n) is 6.11. The monoisotopic (exact) mass is 419 g/mol. The second kappa shape index (κ2) is 15.6. The molecule has 1 aromatic rings. The second-order valence-corrected chi connectivity index (χ2v) is 6.11. The molecule has 0 saturated carbocycles. The van der Waals surface area contributed by atoms with E-state index in [0.717, 1.165) is 37.0 Å². The van der Waals surface area contributed by atoms with Gasteiger partial charge < -0.3 is 24.3 Å². The zero-order chi connectivity index (χ0) is 22.0. The molecule has 0 spiro atoms. The van der Waals surface area contributed by atoms with Crippen molar-refractivity contribution in [3.05, 3.63) is 55.1 Å². The fourth-order valence-electron chi connectivity index (χ4n) is 2.25. The molecule has 1 aromatic carbocycles. The van der Waals surface area contributed by atoms with Crippen molar-refractivity contribution in [1.82, 2.24) is 5.32 Å². The zero-order valence-corrected chi connectivity index (χ0v) is 17.1. The lowest BCUT2D eigenvalue weighted by Crippen LogP contribution is -2.27. The smallest absolute Gasteiger partial charge is 0.407 e. The fourth-order valence-corrected chi connectivity index (χ4v) is 2.25. The lowest BCUT2D eigenvalue weighted by atomic mass is 10.1. The summed E-state index contributed by atoms with van der Waals surface area (Å²) in [5.41, 5.74) is 1.01. The molecule has 1 rings (SSSR count). The van der Waals surface area contributed by atoms with E-state index >= 15 is 0 Å². The predicted octanol–water partition coefficient (Wildman–Crippen LogP) is 2.96. The van der Waals surface area contributed by atoms with Crippen LogP contribution in [0.2, 0.25) is 0 Å². The Balaban J connectivity index is 2.03. The number of esters is 2. The highest BCUT2D eigenvalue weighted by molar-refractivity contribution is 5.81. The molecule has 0 heterocycles. The molecule has 0 fully saturated rings. The first-order chi connectivity index (χ1) is 14.5. The molecule has 0 unspecified atom stereocenters. The highest BCUT2D eigenvalue weighted by atomic mass is 16.6. The van der Waals surface area contributed by atoms with Gasteiger partial charge in [0.05, 0.1) is 13.2 Å². The van der Waals surface area contributed by atoms with E-state index in [9.17, 15) is 14.4 Å². The topological polar surface area (TPSA) is 100 Å². The Labute approximate surface area is 176 Å². The van der Waals surface area contributed by atoms with E-state index in [4.69, 9.17) is 18.9 Å². The molecule has 8 heteroatoms. The number of unbranched alkanes of at least 4 members (excludes halogenated alkanes) is 2.